The van der Waals surface area contributed by atoms with Gasteiger partial charge in [0.05, 0.1) is 6.10 Å². The third-order valence-electron chi connectivity index (χ3n) is 4.54. The fraction of sp³-hybridized carbons (Fsp3) is 0.875. The van der Waals surface area contributed by atoms with Crippen molar-refractivity contribution in [2.24, 2.45) is 5.41 Å². The fourth-order valence-corrected chi connectivity index (χ4v) is 3.27. The van der Waals surface area contributed by atoms with Gasteiger partial charge in [0, 0.05) is 12.6 Å². The second kappa shape index (κ2) is 5.95. The SMILES string of the molecule is CCOC1CC(N2C(=O)C(C(C)(C)C)NC(=O)C2CC)C1. The molecule has 1 saturated carbocycles. The quantitative estimate of drug-likeness (QED) is 0.859. The molecule has 0 aromatic carbocycles. The summed E-state index contributed by atoms with van der Waals surface area (Å²) in [6, 6.07) is -0.613. The number of carbonyl (C=O) groups is 2. The van der Waals surface area contributed by atoms with Gasteiger partial charge in [-0.1, -0.05) is 27.7 Å². The molecule has 1 saturated heterocycles. The third-order valence-corrected chi connectivity index (χ3v) is 4.54. The maximum Gasteiger partial charge on any atom is 0.246 e. The minimum Gasteiger partial charge on any atom is -0.378 e. The Morgan fingerprint density at radius 1 is 1.24 bits per heavy atom. The first-order valence-electron chi connectivity index (χ1n) is 8.03. The molecular formula is C16H28N2O3. The van der Waals surface area contributed by atoms with E-state index in [1.807, 2.05) is 39.5 Å². The third kappa shape index (κ3) is 3.07. The van der Waals surface area contributed by atoms with E-state index in [2.05, 4.69) is 5.32 Å². The molecule has 0 aromatic rings. The van der Waals surface area contributed by atoms with Crippen molar-refractivity contribution in [3.8, 4) is 0 Å². The number of hydrogen-bond acceptors (Lipinski definition) is 3. The minimum absolute atomic E-state index is 0.0168. The molecule has 0 radical (unpaired) electrons. The Morgan fingerprint density at radius 2 is 1.86 bits per heavy atom. The average molecular weight is 296 g/mol. The van der Waals surface area contributed by atoms with Gasteiger partial charge in [0.1, 0.15) is 12.1 Å². The molecule has 0 spiro atoms. The first-order valence-corrected chi connectivity index (χ1v) is 8.03. The highest BCUT2D eigenvalue weighted by molar-refractivity contribution is 5.97. The number of nitrogens with zero attached hydrogens (tertiary/aromatic N) is 1. The van der Waals surface area contributed by atoms with Crippen LogP contribution in [0, 0.1) is 5.41 Å². The largest absolute Gasteiger partial charge is 0.378 e. The maximum absolute atomic E-state index is 12.9. The van der Waals surface area contributed by atoms with Crippen molar-refractivity contribution < 1.29 is 14.3 Å². The van der Waals surface area contributed by atoms with E-state index in [1.165, 1.54) is 0 Å². The molecule has 1 heterocycles. The van der Waals surface area contributed by atoms with Crippen LogP contribution < -0.4 is 5.32 Å². The normalized spacial score (nSPS) is 33.7. The van der Waals surface area contributed by atoms with Gasteiger partial charge in [0.15, 0.2) is 0 Å². The summed E-state index contributed by atoms with van der Waals surface area (Å²) in [6.07, 6.45) is 2.59. The Balaban J connectivity index is 2.15. The van der Waals surface area contributed by atoms with E-state index in [9.17, 15) is 9.59 Å². The van der Waals surface area contributed by atoms with Crippen molar-refractivity contribution in [1.82, 2.24) is 10.2 Å². The zero-order chi connectivity index (χ0) is 15.8. The topological polar surface area (TPSA) is 58.6 Å². The van der Waals surface area contributed by atoms with Gasteiger partial charge in [-0.25, -0.2) is 0 Å². The highest BCUT2D eigenvalue weighted by Crippen LogP contribution is 2.34. The van der Waals surface area contributed by atoms with Crippen LogP contribution in [0.25, 0.3) is 0 Å². The summed E-state index contributed by atoms with van der Waals surface area (Å²) in [5.41, 5.74) is -0.271. The molecule has 1 N–H and O–H groups in total. The van der Waals surface area contributed by atoms with Crippen LogP contribution in [0.2, 0.25) is 0 Å². The van der Waals surface area contributed by atoms with Crippen LogP contribution in [0.4, 0.5) is 0 Å². The lowest BCUT2D eigenvalue weighted by atomic mass is 9.80. The first kappa shape index (κ1) is 16.3. The summed E-state index contributed by atoms with van der Waals surface area (Å²) in [7, 11) is 0. The van der Waals surface area contributed by atoms with Crippen molar-refractivity contribution in [3.05, 3.63) is 0 Å². The predicted molar refractivity (Wildman–Crippen MR) is 80.7 cm³/mol. The van der Waals surface area contributed by atoms with Crippen LogP contribution in [-0.4, -0.2) is 47.6 Å². The number of ether oxygens (including phenoxy) is 1. The molecule has 2 amide bonds. The molecule has 1 aliphatic carbocycles. The minimum atomic E-state index is -0.432. The Morgan fingerprint density at radius 3 is 2.33 bits per heavy atom. The number of rotatable bonds is 4. The molecule has 2 atom stereocenters. The number of amides is 2. The summed E-state index contributed by atoms with van der Waals surface area (Å²) in [6.45, 7) is 10.6. The Bertz CT molecular complexity index is 410. The van der Waals surface area contributed by atoms with Gasteiger partial charge in [0.2, 0.25) is 11.8 Å². The van der Waals surface area contributed by atoms with Crippen molar-refractivity contribution in [1.29, 1.82) is 0 Å². The number of carbonyl (C=O) groups excluding carboxylic acids is 2. The van der Waals surface area contributed by atoms with Crippen LogP contribution in [0.3, 0.4) is 0 Å². The zero-order valence-electron chi connectivity index (χ0n) is 13.8. The summed E-state index contributed by atoms with van der Waals surface area (Å²) >= 11 is 0. The monoisotopic (exact) mass is 296 g/mol. The first-order chi connectivity index (χ1) is 9.79. The van der Waals surface area contributed by atoms with Gasteiger partial charge >= 0.3 is 0 Å². The lowest BCUT2D eigenvalue weighted by Gasteiger charge is -2.50. The van der Waals surface area contributed by atoms with E-state index < -0.39 is 6.04 Å². The molecule has 2 aliphatic rings. The predicted octanol–water partition coefficient (Wildman–Crippen LogP) is 1.71. The van der Waals surface area contributed by atoms with E-state index >= 15 is 0 Å². The van der Waals surface area contributed by atoms with Crippen molar-refractivity contribution >= 4 is 11.8 Å². The van der Waals surface area contributed by atoms with Crippen molar-refractivity contribution in [2.75, 3.05) is 6.61 Å². The van der Waals surface area contributed by atoms with Gasteiger partial charge in [0.25, 0.3) is 0 Å². The summed E-state index contributed by atoms with van der Waals surface area (Å²) in [4.78, 5) is 27.0. The van der Waals surface area contributed by atoms with Gasteiger partial charge in [-0.3, -0.25) is 9.59 Å². The second-order valence-electron chi connectivity index (χ2n) is 7.18. The molecule has 2 fully saturated rings. The highest BCUT2D eigenvalue weighted by atomic mass is 16.5. The molecule has 0 bridgehead atoms. The number of nitrogens with one attached hydrogen (secondary N) is 1. The van der Waals surface area contributed by atoms with Gasteiger partial charge in [-0.2, -0.15) is 0 Å². The maximum atomic E-state index is 12.9. The molecule has 0 aromatic heterocycles. The van der Waals surface area contributed by atoms with E-state index in [1.54, 1.807) is 0 Å². The van der Waals surface area contributed by atoms with Gasteiger partial charge < -0.3 is 15.0 Å². The summed E-state index contributed by atoms with van der Waals surface area (Å²) < 4.78 is 5.59. The second-order valence-corrected chi connectivity index (χ2v) is 7.18. The molecule has 120 valence electrons. The fourth-order valence-electron chi connectivity index (χ4n) is 3.27. The lowest BCUT2D eigenvalue weighted by molar-refractivity contribution is -0.162. The average Bonchev–Trinajstić information content (AvgIpc) is 2.34. The van der Waals surface area contributed by atoms with E-state index in [0.29, 0.717) is 13.0 Å². The molecular weight excluding hydrogens is 268 g/mol. The van der Waals surface area contributed by atoms with E-state index in [0.717, 1.165) is 12.8 Å². The van der Waals surface area contributed by atoms with Gasteiger partial charge in [-0.05, 0) is 31.6 Å². The van der Waals surface area contributed by atoms with Crippen LogP contribution in [-0.2, 0) is 14.3 Å². The van der Waals surface area contributed by atoms with E-state index in [-0.39, 0.29) is 35.4 Å². The lowest BCUT2D eigenvalue weighted by Crippen LogP contribution is -2.70. The molecule has 2 rings (SSSR count). The summed E-state index contributed by atoms with van der Waals surface area (Å²) in [5, 5.41) is 2.92. The Hall–Kier alpha value is -1.10. The summed E-state index contributed by atoms with van der Waals surface area (Å²) in [5.74, 6) is 0.0470. The van der Waals surface area contributed by atoms with Crippen LogP contribution >= 0.6 is 0 Å². The highest BCUT2D eigenvalue weighted by Gasteiger charge is 2.49. The Kier molecular flexibility index (Phi) is 4.61. The van der Waals surface area contributed by atoms with E-state index in [4.69, 9.17) is 4.74 Å². The van der Waals surface area contributed by atoms with Gasteiger partial charge in [-0.15, -0.1) is 0 Å². The molecule has 5 nitrogen and oxygen atoms in total. The smallest absolute Gasteiger partial charge is 0.246 e. The molecule has 2 unspecified atom stereocenters. The molecule has 1 aliphatic heterocycles. The van der Waals surface area contributed by atoms with Crippen molar-refractivity contribution in [3.63, 3.8) is 0 Å². The standard InChI is InChI=1S/C16H28N2O3/c1-6-12-14(19)17-13(16(3,4)5)15(20)18(12)10-8-11(9-10)21-7-2/h10-13H,6-9H2,1-5H3,(H,17,19). The number of piperazine rings is 1. The van der Waals surface area contributed by atoms with Crippen LogP contribution in [0.5, 0.6) is 0 Å². The van der Waals surface area contributed by atoms with Crippen LogP contribution in [0.15, 0.2) is 0 Å². The Labute approximate surface area is 127 Å². The molecule has 5 heteroatoms. The number of hydrogen-bond donors (Lipinski definition) is 1. The zero-order valence-corrected chi connectivity index (χ0v) is 13.8. The van der Waals surface area contributed by atoms with Crippen molar-refractivity contribution in [2.45, 2.75) is 78.1 Å². The molecule has 21 heavy (non-hydrogen) atoms. The van der Waals surface area contributed by atoms with Crippen LogP contribution in [0.1, 0.15) is 53.9 Å².